The first-order valence-electron chi connectivity index (χ1n) is 8.90. The molecule has 8 heteroatoms. The van der Waals surface area contributed by atoms with Gasteiger partial charge in [-0.05, 0) is 31.2 Å². The third-order valence-electron chi connectivity index (χ3n) is 4.37. The Bertz CT molecular complexity index is 1090. The second kappa shape index (κ2) is 7.85. The maximum atomic E-state index is 12.4. The molecule has 2 heterocycles. The van der Waals surface area contributed by atoms with Gasteiger partial charge in [0.2, 0.25) is 5.91 Å². The fourth-order valence-electron chi connectivity index (χ4n) is 2.92. The lowest BCUT2D eigenvalue weighted by molar-refractivity contribution is -0.113. The topological polar surface area (TPSA) is 88.5 Å². The minimum atomic E-state index is -0.0527. The summed E-state index contributed by atoms with van der Waals surface area (Å²) in [6.45, 7) is 2.05. The first kappa shape index (κ1) is 18.2. The zero-order chi connectivity index (χ0) is 19.5. The van der Waals surface area contributed by atoms with Crippen LogP contribution in [0.1, 0.15) is 18.0 Å². The van der Waals surface area contributed by atoms with Gasteiger partial charge >= 0.3 is 0 Å². The second-order valence-electron chi connectivity index (χ2n) is 6.49. The number of hydrogen-bond donors (Lipinski definition) is 2. The molecule has 0 fully saturated rings. The lowest BCUT2D eigenvalue weighted by Crippen LogP contribution is -2.15. The Balaban J connectivity index is 1.37. The van der Waals surface area contributed by atoms with Crippen LogP contribution in [0.2, 0.25) is 0 Å². The van der Waals surface area contributed by atoms with E-state index in [0.29, 0.717) is 5.75 Å². The number of aromatic amines is 1. The molecular formula is C20H20N6OS. The maximum absolute atomic E-state index is 12.4. The van der Waals surface area contributed by atoms with Gasteiger partial charge in [-0.25, -0.2) is 4.98 Å². The van der Waals surface area contributed by atoms with Gasteiger partial charge in [0.1, 0.15) is 12.2 Å². The van der Waals surface area contributed by atoms with E-state index in [1.807, 2.05) is 67.1 Å². The van der Waals surface area contributed by atoms with E-state index in [1.165, 1.54) is 0 Å². The fourth-order valence-corrected chi connectivity index (χ4v) is 3.67. The zero-order valence-electron chi connectivity index (χ0n) is 15.6. The summed E-state index contributed by atoms with van der Waals surface area (Å²) in [5.41, 5.74) is 3.59. The van der Waals surface area contributed by atoms with Crippen LogP contribution in [0.4, 0.5) is 5.69 Å². The molecule has 0 saturated carbocycles. The van der Waals surface area contributed by atoms with Gasteiger partial charge in [-0.3, -0.25) is 4.79 Å². The molecule has 0 spiro atoms. The van der Waals surface area contributed by atoms with E-state index in [-0.39, 0.29) is 11.2 Å². The molecule has 28 heavy (non-hydrogen) atoms. The van der Waals surface area contributed by atoms with Crippen molar-refractivity contribution >= 4 is 34.4 Å². The van der Waals surface area contributed by atoms with Crippen LogP contribution in [0.5, 0.6) is 0 Å². The van der Waals surface area contributed by atoms with Crippen molar-refractivity contribution in [3.63, 3.8) is 0 Å². The molecule has 1 atom stereocenters. The van der Waals surface area contributed by atoms with Gasteiger partial charge in [0.25, 0.3) is 0 Å². The van der Waals surface area contributed by atoms with Crippen LogP contribution in [-0.4, -0.2) is 36.4 Å². The molecule has 0 aliphatic heterocycles. The summed E-state index contributed by atoms with van der Waals surface area (Å²) in [7, 11) is 1.89. The number of carbonyl (C=O) groups excluding carboxylic acids is 1. The number of nitrogens with zero attached hydrogens (tertiary/aromatic N) is 4. The molecule has 2 N–H and O–H groups in total. The van der Waals surface area contributed by atoms with Crippen molar-refractivity contribution in [1.29, 1.82) is 0 Å². The molecule has 0 bridgehead atoms. The van der Waals surface area contributed by atoms with Crippen molar-refractivity contribution in [2.45, 2.75) is 12.2 Å². The van der Waals surface area contributed by atoms with Crippen molar-refractivity contribution < 1.29 is 4.79 Å². The van der Waals surface area contributed by atoms with E-state index in [4.69, 9.17) is 0 Å². The number of aromatic nitrogens is 5. The fraction of sp³-hybridized carbons (Fsp3) is 0.200. The molecule has 4 rings (SSSR count). The number of amides is 1. The number of aryl methyl sites for hydroxylation is 1. The Kier molecular flexibility index (Phi) is 5.12. The minimum Gasteiger partial charge on any atom is -0.341 e. The molecule has 7 nitrogen and oxygen atoms in total. The number of para-hydroxylation sites is 2. The number of carbonyl (C=O) groups is 1. The molecule has 2 aromatic heterocycles. The van der Waals surface area contributed by atoms with Crippen LogP contribution in [-0.2, 0) is 11.8 Å². The average Bonchev–Trinajstić information content (AvgIpc) is 3.32. The monoisotopic (exact) mass is 392 g/mol. The first-order valence-corrected chi connectivity index (χ1v) is 9.95. The SMILES string of the molecule is CC(SCC(=O)Nc1cccc(-c2nncn2C)c1)c1nc2ccccc2[nH]1. The first-order chi connectivity index (χ1) is 13.6. The molecule has 0 aliphatic rings. The normalized spacial score (nSPS) is 12.2. The highest BCUT2D eigenvalue weighted by Gasteiger charge is 2.14. The van der Waals surface area contributed by atoms with Crippen molar-refractivity contribution in [3.05, 3.63) is 60.7 Å². The summed E-state index contributed by atoms with van der Waals surface area (Å²) >= 11 is 1.54. The average molecular weight is 392 g/mol. The van der Waals surface area contributed by atoms with Crippen LogP contribution in [0.15, 0.2) is 54.9 Å². The number of rotatable bonds is 6. The highest BCUT2D eigenvalue weighted by Crippen LogP contribution is 2.28. The lowest BCUT2D eigenvalue weighted by Gasteiger charge is -2.10. The Morgan fingerprint density at radius 3 is 2.89 bits per heavy atom. The van der Waals surface area contributed by atoms with E-state index in [2.05, 4.69) is 25.5 Å². The summed E-state index contributed by atoms with van der Waals surface area (Å²) < 4.78 is 1.84. The van der Waals surface area contributed by atoms with Gasteiger partial charge in [-0.15, -0.1) is 22.0 Å². The van der Waals surface area contributed by atoms with Gasteiger partial charge in [0.15, 0.2) is 5.82 Å². The van der Waals surface area contributed by atoms with Crippen molar-refractivity contribution in [3.8, 4) is 11.4 Å². The highest BCUT2D eigenvalue weighted by molar-refractivity contribution is 8.00. The quantitative estimate of drug-likeness (QED) is 0.521. The highest BCUT2D eigenvalue weighted by atomic mass is 32.2. The van der Waals surface area contributed by atoms with Crippen LogP contribution >= 0.6 is 11.8 Å². The molecule has 142 valence electrons. The van der Waals surface area contributed by atoms with Crippen LogP contribution in [0.25, 0.3) is 22.4 Å². The number of anilines is 1. The Morgan fingerprint density at radius 1 is 1.25 bits per heavy atom. The third-order valence-corrected chi connectivity index (χ3v) is 5.53. The van der Waals surface area contributed by atoms with Gasteiger partial charge in [-0.2, -0.15) is 0 Å². The molecular weight excluding hydrogens is 372 g/mol. The summed E-state index contributed by atoms with van der Waals surface area (Å²) in [4.78, 5) is 20.3. The van der Waals surface area contributed by atoms with E-state index in [0.717, 1.165) is 33.9 Å². The van der Waals surface area contributed by atoms with Crippen LogP contribution in [0, 0.1) is 0 Å². The molecule has 0 aliphatic carbocycles. The molecule has 1 unspecified atom stereocenters. The maximum Gasteiger partial charge on any atom is 0.234 e. The van der Waals surface area contributed by atoms with E-state index in [1.54, 1.807) is 18.1 Å². The number of nitrogens with one attached hydrogen (secondary N) is 2. The standard InChI is InChI=1S/C20H20N6OS/c1-13(19-23-16-8-3-4-9-17(16)24-19)28-11-18(27)22-15-7-5-6-14(10-15)20-25-21-12-26(20)2/h3-10,12-13H,11H2,1-2H3,(H,22,27)(H,23,24). The van der Waals surface area contributed by atoms with E-state index in [9.17, 15) is 4.79 Å². The van der Waals surface area contributed by atoms with Crippen molar-refractivity contribution in [2.24, 2.45) is 7.05 Å². The smallest absolute Gasteiger partial charge is 0.234 e. The molecule has 4 aromatic rings. The zero-order valence-corrected chi connectivity index (χ0v) is 16.4. The number of fused-ring (bicyclic) bond motifs is 1. The lowest BCUT2D eigenvalue weighted by atomic mass is 10.2. The van der Waals surface area contributed by atoms with Gasteiger partial charge < -0.3 is 14.9 Å². The Morgan fingerprint density at radius 2 is 2.11 bits per heavy atom. The number of H-pyrrole nitrogens is 1. The summed E-state index contributed by atoms with van der Waals surface area (Å²) in [6, 6.07) is 15.5. The van der Waals surface area contributed by atoms with E-state index < -0.39 is 0 Å². The third kappa shape index (κ3) is 3.91. The predicted molar refractivity (Wildman–Crippen MR) is 112 cm³/mol. The Labute approximate surface area is 166 Å². The van der Waals surface area contributed by atoms with Crippen molar-refractivity contribution in [1.82, 2.24) is 24.7 Å². The summed E-state index contributed by atoms with van der Waals surface area (Å²) in [5.74, 6) is 1.92. The van der Waals surface area contributed by atoms with Crippen LogP contribution < -0.4 is 5.32 Å². The van der Waals surface area contributed by atoms with Crippen molar-refractivity contribution in [2.75, 3.05) is 11.1 Å². The molecule has 1 amide bonds. The minimum absolute atomic E-state index is 0.0527. The number of imidazole rings is 1. The number of hydrogen-bond acceptors (Lipinski definition) is 5. The summed E-state index contributed by atoms with van der Waals surface area (Å²) in [5, 5.41) is 11.0. The molecule has 2 aromatic carbocycles. The molecule has 0 radical (unpaired) electrons. The second-order valence-corrected chi connectivity index (χ2v) is 7.82. The predicted octanol–water partition coefficient (Wildman–Crippen LogP) is 3.79. The van der Waals surface area contributed by atoms with Gasteiger partial charge in [-0.1, -0.05) is 24.3 Å². The van der Waals surface area contributed by atoms with Gasteiger partial charge in [0, 0.05) is 18.3 Å². The number of benzene rings is 2. The van der Waals surface area contributed by atoms with E-state index >= 15 is 0 Å². The summed E-state index contributed by atoms with van der Waals surface area (Å²) in [6.07, 6.45) is 1.65. The van der Waals surface area contributed by atoms with Gasteiger partial charge in [0.05, 0.1) is 22.0 Å². The number of thioether (sulfide) groups is 1. The Hall–Kier alpha value is -3.13. The molecule has 0 saturated heterocycles. The largest absolute Gasteiger partial charge is 0.341 e. The van der Waals surface area contributed by atoms with Crippen LogP contribution in [0.3, 0.4) is 0 Å².